The Morgan fingerprint density at radius 3 is 2.29 bits per heavy atom. The van der Waals surface area contributed by atoms with Gasteiger partial charge in [0.15, 0.2) is 0 Å². The quantitative estimate of drug-likeness (QED) is 0.426. The molecule has 0 radical (unpaired) electrons. The fourth-order valence-electron chi connectivity index (χ4n) is 4.03. The van der Waals surface area contributed by atoms with Gasteiger partial charge in [0, 0.05) is 24.4 Å². The van der Waals surface area contributed by atoms with E-state index in [-0.39, 0.29) is 11.3 Å². The number of sulfonamides is 2. The van der Waals surface area contributed by atoms with Crippen molar-refractivity contribution in [2.75, 3.05) is 11.0 Å². The van der Waals surface area contributed by atoms with Gasteiger partial charge in [0.1, 0.15) is 0 Å². The number of hydrazone groups is 1. The molecule has 1 aliphatic heterocycles. The molecule has 1 unspecified atom stereocenters. The highest BCUT2D eigenvalue weighted by molar-refractivity contribution is 7.92. The minimum Gasteiger partial charge on any atom is -0.283 e. The molecule has 0 saturated carbocycles. The van der Waals surface area contributed by atoms with Crippen LogP contribution in [0.15, 0.2) is 95.2 Å². The zero-order chi connectivity index (χ0) is 24.6. The summed E-state index contributed by atoms with van der Waals surface area (Å²) in [5, 5.41) is 4.53. The average Bonchev–Trinajstić information content (AvgIpc) is 3.30. The van der Waals surface area contributed by atoms with Gasteiger partial charge in [0.2, 0.25) is 10.0 Å². The zero-order valence-corrected chi connectivity index (χ0v) is 20.2. The van der Waals surface area contributed by atoms with E-state index in [0.717, 1.165) is 10.7 Å². The molecule has 1 aromatic heterocycles. The molecule has 0 amide bonds. The van der Waals surface area contributed by atoms with Crippen molar-refractivity contribution >= 4 is 42.5 Å². The number of anilines is 1. The fraction of sp³-hybridized carbons (Fsp3) is 0.125. The SMILES string of the molecule is CS(=O)(=O)Nc1ccccc1C1=NN(S(=O)(=O)c2ccccc2)C(c2ccc3nccnc3c2)C1. The van der Waals surface area contributed by atoms with Crippen LogP contribution < -0.4 is 4.72 Å². The molecule has 3 aromatic carbocycles. The van der Waals surface area contributed by atoms with Crippen molar-refractivity contribution < 1.29 is 16.8 Å². The maximum atomic E-state index is 13.7. The normalized spacial score (nSPS) is 16.3. The minimum absolute atomic E-state index is 0.109. The van der Waals surface area contributed by atoms with E-state index in [2.05, 4.69) is 19.8 Å². The summed E-state index contributed by atoms with van der Waals surface area (Å²) in [6, 6.07) is 19.6. The second kappa shape index (κ2) is 8.75. The van der Waals surface area contributed by atoms with Crippen molar-refractivity contribution in [3.63, 3.8) is 0 Å². The number of aromatic nitrogens is 2. The second-order valence-corrected chi connectivity index (χ2v) is 11.6. The van der Waals surface area contributed by atoms with Crippen molar-refractivity contribution in [2.24, 2.45) is 5.10 Å². The number of nitrogens with zero attached hydrogens (tertiary/aromatic N) is 4. The lowest BCUT2D eigenvalue weighted by Crippen LogP contribution is -2.27. The third kappa shape index (κ3) is 4.60. The van der Waals surface area contributed by atoms with E-state index in [1.807, 2.05) is 6.07 Å². The van der Waals surface area contributed by atoms with Crippen molar-refractivity contribution in [3.8, 4) is 0 Å². The number of para-hydroxylation sites is 1. The fourth-order valence-corrected chi connectivity index (χ4v) is 6.06. The molecule has 178 valence electrons. The molecule has 0 spiro atoms. The van der Waals surface area contributed by atoms with Crippen LogP contribution in [0.25, 0.3) is 11.0 Å². The maximum absolute atomic E-state index is 13.7. The molecule has 9 nitrogen and oxygen atoms in total. The first-order valence-corrected chi connectivity index (χ1v) is 14.0. The Morgan fingerprint density at radius 1 is 0.857 bits per heavy atom. The molecule has 1 N–H and O–H groups in total. The van der Waals surface area contributed by atoms with Gasteiger partial charge in [-0.25, -0.2) is 8.42 Å². The highest BCUT2D eigenvalue weighted by atomic mass is 32.2. The van der Waals surface area contributed by atoms with E-state index in [1.54, 1.807) is 67.0 Å². The van der Waals surface area contributed by atoms with Crippen molar-refractivity contribution in [3.05, 3.63) is 96.3 Å². The average molecular weight is 508 g/mol. The van der Waals surface area contributed by atoms with E-state index in [9.17, 15) is 16.8 Å². The smallest absolute Gasteiger partial charge is 0.279 e. The molecular formula is C24H21N5O4S2. The summed E-state index contributed by atoms with van der Waals surface area (Å²) in [4.78, 5) is 8.74. The molecule has 5 rings (SSSR count). The summed E-state index contributed by atoms with van der Waals surface area (Å²) in [6.45, 7) is 0. The van der Waals surface area contributed by atoms with Crippen LogP contribution in [0, 0.1) is 0 Å². The molecule has 2 heterocycles. The van der Waals surface area contributed by atoms with E-state index >= 15 is 0 Å². The lowest BCUT2D eigenvalue weighted by molar-refractivity contribution is 0.371. The second-order valence-electron chi connectivity index (χ2n) is 8.08. The van der Waals surface area contributed by atoms with E-state index in [0.29, 0.717) is 33.6 Å². The highest BCUT2D eigenvalue weighted by Crippen LogP contribution is 2.38. The predicted molar refractivity (Wildman–Crippen MR) is 134 cm³/mol. The lowest BCUT2D eigenvalue weighted by atomic mass is 9.98. The van der Waals surface area contributed by atoms with Gasteiger partial charge >= 0.3 is 0 Å². The van der Waals surface area contributed by atoms with Gasteiger partial charge in [0.05, 0.1) is 39.6 Å². The van der Waals surface area contributed by atoms with Crippen LogP contribution in [0.3, 0.4) is 0 Å². The number of hydrogen-bond donors (Lipinski definition) is 1. The maximum Gasteiger partial charge on any atom is 0.279 e. The summed E-state index contributed by atoms with van der Waals surface area (Å²) < 4.78 is 54.7. The number of fused-ring (bicyclic) bond motifs is 1. The number of hydrogen-bond acceptors (Lipinski definition) is 7. The van der Waals surface area contributed by atoms with Gasteiger partial charge in [-0.05, 0) is 35.9 Å². The van der Waals surface area contributed by atoms with Crippen LogP contribution in [0.5, 0.6) is 0 Å². The largest absolute Gasteiger partial charge is 0.283 e. The third-order valence-electron chi connectivity index (χ3n) is 5.57. The monoisotopic (exact) mass is 507 g/mol. The molecular weight excluding hydrogens is 486 g/mol. The number of nitrogens with one attached hydrogen (secondary N) is 1. The summed E-state index contributed by atoms with van der Waals surface area (Å²) in [5.74, 6) is 0. The van der Waals surface area contributed by atoms with Gasteiger partial charge in [-0.2, -0.15) is 17.9 Å². The molecule has 0 saturated heterocycles. The molecule has 1 atom stereocenters. The van der Waals surface area contributed by atoms with Gasteiger partial charge < -0.3 is 0 Å². The van der Waals surface area contributed by atoms with E-state index in [4.69, 9.17) is 0 Å². The summed E-state index contributed by atoms with van der Waals surface area (Å²) in [7, 11) is -7.56. The van der Waals surface area contributed by atoms with Crippen LogP contribution in [-0.2, 0) is 20.0 Å². The van der Waals surface area contributed by atoms with Crippen molar-refractivity contribution in [2.45, 2.75) is 17.4 Å². The molecule has 0 aliphatic carbocycles. The van der Waals surface area contributed by atoms with Gasteiger partial charge in [0.25, 0.3) is 10.0 Å². The Morgan fingerprint density at radius 2 is 1.54 bits per heavy atom. The molecule has 1 aliphatic rings. The van der Waals surface area contributed by atoms with E-state index < -0.39 is 26.1 Å². The van der Waals surface area contributed by atoms with Gasteiger partial charge in [-0.3, -0.25) is 14.7 Å². The topological polar surface area (TPSA) is 122 Å². The van der Waals surface area contributed by atoms with Crippen molar-refractivity contribution in [1.29, 1.82) is 0 Å². The first kappa shape index (κ1) is 22.9. The first-order chi connectivity index (χ1) is 16.7. The molecule has 0 bridgehead atoms. The summed E-state index contributed by atoms with van der Waals surface area (Å²) >= 11 is 0. The summed E-state index contributed by atoms with van der Waals surface area (Å²) in [6.07, 6.45) is 4.47. The van der Waals surface area contributed by atoms with Crippen LogP contribution in [0.1, 0.15) is 23.6 Å². The third-order valence-corrected chi connectivity index (χ3v) is 7.86. The van der Waals surface area contributed by atoms with Crippen LogP contribution in [0.4, 0.5) is 5.69 Å². The van der Waals surface area contributed by atoms with Gasteiger partial charge in [-0.1, -0.05) is 42.5 Å². The van der Waals surface area contributed by atoms with Gasteiger partial charge in [-0.15, -0.1) is 0 Å². The molecule has 11 heteroatoms. The lowest BCUT2D eigenvalue weighted by Gasteiger charge is -2.23. The molecule has 0 fully saturated rings. The Balaban J connectivity index is 1.64. The zero-order valence-electron chi connectivity index (χ0n) is 18.6. The molecule has 4 aromatic rings. The van der Waals surface area contributed by atoms with Crippen molar-refractivity contribution in [1.82, 2.24) is 14.4 Å². The predicted octanol–water partition coefficient (Wildman–Crippen LogP) is 3.54. The number of rotatable bonds is 6. The minimum atomic E-state index is -4.01. The first-order valence-electron chi connectivity index (χ1n) is 10.7. The Labute approximate surface area is 203 Å². The highest BCUT2D eigenvalue weighted by Gasteiger charge is 2.38. The molecule has 35 heavy (non-hydrogen) atoms. The van der Waals surface area contributed by atoms with Crippen LogP contribution >= 0.6 is 0 Å². The Kier molecular flexibility index (Phi) is 5.73. The standard InChI is InChI=1S/C24H21N5O4S2/c1-34(30,31)28-20-10-6-5-9-19(20)22-16-24(17-11-12-21-23(15-17)26-14-13-25-21)29(27-22)35(32,33)18-7-3-2-4-8-18/h2-15,24,28H,16H2,1H3. The van der Waals surface area contributed by atoms with Crippen LogP contribution in [-0.4, -0.2) is 43.2 Å². The van der Waals surface area contributed by atoms with E-state index in [1.165, 1.54) is 12.1 Å². The number of benzene rings is 3. The van der Waals surface area contributed by atoms with Crippen LogP contribution in [0.2, 0.25) is 0 Å². The Bertz CT molecular complexity index is 1660. The summed E-state index contributed by atoms with van der Waals surface area (Å²) in [5.41, 5.74) is 3.31. The Hall–Kier alpha value is -3.83.